The van der Waals surface area contributed by atoms with Crippen molar-refractivity contribution in [3.8, 4) is 28.5 Å². The van der Waals surface area contributed by atoms with Gasteiger partial charge in [0.1, 0.15) is 16.7 Å². The number of hydrogen-bond donors (Lipinski definition) is 5. The Kier molecular flexibility index (Phi) is 4.94. The van der Waals surface area contributed by atoms with Gasteiger partial charge in [-0.2, -0.15) is 5.01 Å². The van der Waals surface area contributed by atoms with Crippen LogP contribution in [-0.2, 0) is 6.54 Å². The summed E-state index contributed by atoms with van der Waals surface area (Å²) < 4.78 is 6.17. The van der Waals surface area contributed by atoms with Gasteiger partial charge in [-0.25, -0.2) is 29.6 Å². The van der Waals surface area contributed by atoms with E-state index in [0.29, 0.717) is 5.56 Å². The van der Waals surface area contributed by atoms with Crippen molar-refractivity contribution in [3.63, 3.8) is 0 Å². The molecule has 14 nitrogen and oxygen atoms in total. The molecule has 3 heterocycles. The number of hydrogen-bond acceptors (Lipinski definition) is 9. The Labute approximate surface area is 178 Å². The molecule has 32 heavy (non-hydrogen) atoms. The summed E-state index contributed by atoms with van der Waals surface area (Å²) in [7, 11) is 0. The highest BCUT2D eigenvalue weighted by Crippen LogP contribution is 2.41. The largest absolute Gasteiger partial charge is 0.503 e. The highest BCUT2D eigenvalue weighted by Gasteiger charge is 2.30. The zero-order chi connectivity index (χ0) is 23.0. The van der Waals surface area contributed by atoms with E-state index in [1.807, 2.05) is 0 Å². The molecule has 2 amide bonds. The van der Waals surface area contributed by atoms with Crippen molar-refractivity contribution in [1.29, 1.82) is 0 Å². The second-order valence-electron chi connectivity index (χ2n) is 6.41. The number of imidazole rings is 1. The maximum Gasteiger partial charge on any atom is 0.432 e. The number of anilines is 2. The van der Waals surface area contributed by atoms with Gasteiger partial charge in [0.15, 0.2) is 23.1 Å². The summed E-state index contributed by atoms with van der Waals surface area (Å²) >= 11 is 0. The van der Waals surface area contributed by atoms with Crippen LogP contribution in [-0.4, -0.2) is 52.4 Å². The van der Waals surface area contributed by atoms with Gasteiger partial charge in [-0.1, -0.05) is 30.3 Å². The number of rotatable bonds is 4. The number of nitrogens with one attached hydrogen (secondary N) is 1. The number of carboxylic acid groups (broad SMARTS) is 2. The van der Waals surface area contributed by atoms with Gasteiger partial charge in [0.25, 0.3) is 0 Å². The minimum absolute atomic E-state index is 0.0383. The summed E-state index contributed by atoms with van der Waals surface area (Å²) in [6.07, 6.45) is -3.37. The van der Waals surface area contributed by atoms with E-state index in [2.05, 4.69) is 24.9 Å². The minimum atomic E-state index is -1.71. The lowest BCUT2D eigenvalue weighted by Gasteiger charge is -2.19. The Hall–Kier alpha value is -4.88. The first kappa shape index (κ1) is 20.4. The molecule has 4 rings (SSSR count). The summed E-state index contributed by atoms with van der Waals surface area (Å²) in [4.78, 5) is 31.7. The molecule has 1 aromatic carbocycles. The first-order valence-electron chi connectivity index (χ1n) is 9.13. The maximum atomic E-state index is 11.7. The first-order valence-corrected chi connectivity index (χ1v) is 9.13. The highest BCUT2D eigenvalue weighted by atomic mass is 16.6. The van der Waals surface area contributed by atoms with Crippen molar-refractivity contribution in [2.45, 2.75) is 13.5 Å². The first-order chi connectivity index (χ1) is 15.3. The summed E-state index contributed by atoms with van der Waals surface area (Å²) in [6, 6.07) is 8.65. The van der Waals surface area contributed by atoms with Crippen molar-refractivity contribution in [3.05, 3.63) is 30.3 Å². The van der Waals surface area contributed by atoms with Gasteiger partial charge in [-0.3, -0.25) is 0 Å². The Balaban J connectivity index is 2.11. The molecule has 3 aromatic heterocycles. The van der Waals surface area contributed by atoms with Crippen molar-refractivity contribution in [2.75, 3.05) is 10.7 Å². The third-order valence-corrected chi connectivity index (χ3v) is 4.55. The molecule has 4 aromatic rings. The van der Waals surface area contributed by atoms with Gasteiger partial charge in [0.2, 0.25) is 5.82 Å². The fraction of sp³-hybridized carbons (Fsp3) is 0.111. The number of nitrogen functional groups attached to an aromatic ring is 1. The Morgan fingerprint density at radius 2 is 1.88 bits per heavy atom. The number of nitrogens with zero attached hydrogens (tertiary/aromatic N) is 6. The Bertz CT molecular complexity index is 1330. The average molecular weight is 440 g/mol. The van der Waals surface area contributed by atoms with Crippen LogP contribution in [0.1, 0.15) is 6.92 Å². The zero-order valence-corrected chi connectivity index (χ0v) is 16.4. The summed E-state index contributed by atoms with van der Waals surface area (Å²) in [5, 5.41) is 37.1. The predicted molar refractivity (Wildman–Crippen MR) is 110 cm³/mol. The van der Waals surface area contributed by atoms with Crippen LogP contribution in [0.15, 0.2) is 35.0 Å². The van der Waals surface area contributed by atoms with Crippen LogP contribution in [0.2, 0.25) is 0 Å². The second-order valence-corrected chi connectivity index (χ2v) is 6.41. The van der Waals surface area contributed by atoms with Crippen LogP contribution in [0.3, 0.4) is 0 Å². The Morgan fingerprint density at radius 1 is 1.16 bits per heavy atom. The monoisotopic (exact) mass is 440 g/mol. The van der Waals surface area contributed by atoms with Crippen LogP contribution < -0.4 is 16.2 Å². The zero-order valence-electron chi connectivity index (χ0n) is 16.4. The molecule has 14 heteroatoms. The molecule has 0 aliphatic carbocycles. The summed E-state index contributed by atoms with van der Waals surface area (Å²) in [6.45, 7) is 2.00. The van der Waals surface area contributed by atoms with E-state index < -0.39 is 23.8 Å². The van der Waals surface area contributed by atoms with Gasteiger partial charge >= 0.3 is 12.2 Å². The number of hydrazine groups is 1. The van der Waals surface area contributed by atoms with E-state index >= 15 is 0 Å². The van der Waals surface area contributed by atoms with Crippen LogP contribution >= 0.6 is 0 Å². The van der Waals surface area contributed by atoms with Gasteiger partial charge < -0.3 is 25.6 Å². The number of aryl methyl sites for hydroxylation is 1. The van der Waals surface area contributed by atoms with E-state index in [1.54, 1.807) is 42.7 Å². The van der Waals surface area contributed by atoms with E-state index in [1.165, 1.54) is 4.57 Å². The standard InChI is InChI=1S/C18H16N8O6/c1-2-25-12-10(21-15(25)11-14(19)24-32-23-11)9(8-6-4-3-5-7-8)20-16(13(12)27)26(18(30)31)22-17(28)29/h3-7,22,27H,2H2,1H3,(H2,19,24)(H,28,29)(H,30,31). The van der Waals surface area contributed by atoms with Crippen LogP contribution in [0.25, 0.3) is 33.8 Å². The molecular weight excluding hydrogens is 424 g/mol. The lowest BCUT2D eigenvalue weighted by molar-refractivity contribution is 0.180. The minimum Gasteiger partial charge on any atom is -0.503 e. The van der Waals surface area contributed by atoms with Crippen LogP contribution in [0, 0.1) is 0 Å². The fourth-order valence-corrected chi connectivity index (χ4v) is 3.26. The number of benzene rings is 1. The summed E-state index contributed by atoms with van der Waals surface area (Å²) in [5.41, 5.74) is 8.66. The number of aromatic hydroxyl groups is 1. The lowest BCUT2D eigenvalue weighted by Crippen LogP contribution is -2.45. The lowest BCUT2D eigenvalue weighted by atomic mass is 10.1. The molecule has 0 saturated heterocycles. The SMILES string of the molecule is CCn1c(-c2nonc2N)nc2c(-c3ccccc3)nc(N(NC(=O)O)C(=O)O)c(O)c21. The molecule has 0 bridgehead atoms. The number of fused-ring (bicyclic) bond motifs is 1. The molecule has 0 unspecified atom stereocenters. The molecule has 164 valence electrons. The second kappa shape index (κ2) is 7.75. The van der Waals surface area contributed by atoms with Gasteiger partial charge in [0.05, 0.1) is 0 Å². The van der Waals surface area contributed by atoms with E-state index in [0.717, 1.165) is 0 Å². The third-order valence-electron chi connectivity index (χ3n) is 4.55. The molecule has 0 saturated carbocycles. The van der Waals surface area contributed by atoms with Gasteiger partial charge in [-0.05, 0) is 17.2 Å². The number of carbonyl (C=O) groups is 2. The molecule has 0 fully saturated rings. The normalized spacial score (nSPS) is 10.9. The quantitative estimate of drug-likeness (QED) is 0.290. The maximum absolute atomic E-state index is 11.7. The third kappa shape index (κ3) is 3.24. The van der Waals surface area contributed by atoms with Gasteiger partial charge in [0, 0.05) is 12.1 Å². The summed E-state index contributed by atoms with van der Waals surface area (Å²) in [5.74, 6) is -1.02. The topological polar surface area (TPSA) is 206 Å². The van der Waals surface area contributed by atoms with Crippen LogP contribution in [0.4, 0.5) is 21.2 Å². The van der Waals surface area contributed by atoms with Gasteiger partial charge in [-0.15, -0.1) is 0 Å². The molecule has 0 aliphatic heterocycles. The molecule has 0 aliphatic rings. The van der Waals surface area contributed by atoms with E-state index in [4.69, 9.17) is 10.8 Å². The number of aromatic nitrogens is 5. The predicted octanol–water partition coefficient (Wildman–Crippen LogP) is 2.12. The van der Waals surface area contributed by atoms with E-state index in [9.17, 15) is 19.8 Å². The van der Waals surface area contributed by atoms with Crippen molar-refractivity contribution >= 4 is 34.9 Å². The Morgan fingerprint density at radius 3 is 2.44 bits per heavy atom. The van der Waals surface area contributed by atoms with Crippen LogP contribution in [0.5, 0.6) is 5.75 Å². The molecule has 0 atom stereocenters. The average Bonchev–Trinajstić information content (AvgIpc) is 3.36. The molecular formula is C18H16N8O6. The smallest absolute Gasteiger partial charge is 0.432 e. The van der Waals surface area contributed by atoms with Crippen molar-refractivity contribution in [1.82, 2.24) is 30.3 Å². The highest BCUT2D eigenvalue weighted by molar-refractivity contribution is 6.01. The number of amides is 2. The molecule has 0 spiro atoms. The molecule has 0 radical (unpaired) electrons. The molecule has 6 N–H and O–H groups in total. The van der Waals surface area contributed by atoms with E-state index in [-0.39, 0.29) is 45.6 Å². The van der Waals surface area contributed by atoms with Crippen molar-refractivity contribution in [2.24, 2.45) is 0 Å². The number of nitrogens with two attached hydrogens (primary N) is 1. The number of pyridine rings is 1. The fourth-order valence-electron chi connectivity index (χ4n) is 3.26. The van der Waals surface area contributed by atoms with Crippen molar-refractivity contribution < 1.29 is 29.5 Å².